The fourth-order valence-electron chi connectivity index (χ4n) is 2.05. The number of aryl methyl sites for hydroxylation is 1. The number of carbonyl (C=O) groups is 1. The number of carbonyl (C=O) groups excluding carboxylic acids is 1. The Bertz CT molecular complexity index is 414. The van der Waals surface area contributed by atoms with E-state index in [9.17, 15) is 9.18 Å². The first-order valence-corrected chi connectivity index (χ1v) is 5.94. The minimum Gasteiger partial charge on any atom is -0.326 e. The Morgan fingerprint density at radius 1 is 1.41 bits per heavy atom. The van der Waals surface area contributed by atoms with Crippen LogP contribution >= 0.6 is 0 Å². The van der Waals surface area contributed by atoms with Crippen molar-refractivity contribution < 1.29 is 9.18 Å². The predicted molar refractivity (Wildman–Crippen MR) is 65.4 cm³/mol. The molecule has 4 heteroatoms. The molecule has 1 aromatic carbocycles. The second-order valence-electron chi connectivity index (χ2n) is 4.48. The van der Waals surface area contributed by atoms with E-state index in [1.165, 1.54) is 6.07 Å². The Morgan fingerprint density at radius 2 is 2.12 bits per heavy atom. The fourth-order valence-corrected chi connectivity index (χ4v) is 2.05. The molecule has 3 nitrogen and oxygen atoms in total. The van der Waals surface area contributed by atoms with E-state index in [1.54, 1.807) is 19.1 Å². The quantitative estimate of drug-likeness (QED) is 0.825. The van der Waals surface area contributed by atoms with Crippen LogP contribution in [0.4, 0.5) is 10.1 Å². The monoisotopic (exact) mass is 236 g/mol. The maximum Gasteiger partial charge on any atom is 0.227 e. The van der Waals surface area contributed by atoms with E-state index in [2.05, 4.69) is 10.6 Å². The third kappa shape index (κ3) is 3.03. The number of halogens is 1. The van der Waals surface area contributed by atoms with Crippen LogP contribution in [-0.4, -0.2) is 19.0 Å². The summed E-state index contributed by atoms with van der Waals surface area (Å²) >= 11 is 0. The summed E-state index contributed by atoms with van der Waals surface area (Å²) in [4.78, 5) is 11.9. The molecular weight excluding hydrogens is 219 g/mol. The average Bonchev–Trinajstić information content (AvgIpc) is 2.35. The lowest BCUT2D eigenvalue weighted by Gasteiger charge is -2.21. The summed E-state index contributed by atoms with van der Waals surface area (Å²) in [6.45, 7) is 3.47. The van der Waals surface area contributed by atoms with Crippen molar-refractivity contribution in [3.63, 3.8) is 0 Å². The van der Waals surface area contributed by atoms with Gasteiger partial charge in [0.25, 0.3) is 0 Å². The summed E-state index contributed by atoms with van der Waals surface area (Å²) in [5.74, 6) is -0.135. The van der Waals surface area contributed by atoms with Crippen LogP contribution in [-0.2, 0) is 4.79 Å². The highest BCUT2D eigenvalue weighted by Crippen LogP contribution is 2.17. The van der Waals surface area contributed by atoms with Crippen LogP contribution in [0.3, 0.4) is 0 Å². The van der Waals surface area contributed by atoms with Gasteiger partial charge in [-0.15, -0.1) is 0 Å². The van der Waals surface area contributed by atoms with Crippen molar-refractivity contribution in [2.45, 2.75) is 19.8 Å². The Kier molecular flexibility index (Phi) is 3.74. The highest BCUT2D eigenvalue weighted by Gasteiger charge is 2.20. The number of hydrogen-bond acceptors (Lipinski definition) is 2. The van der Waals surface area contributed by atoms with E-state index in [4.69, 9.17) is 0 Å². The average molecular weight is 236 g/mol. The zero-order valence-electron chi connectivity index (χ0n) is 9.92. The first-order valence-electron chi connectivity index (χ1n) is 5.94. The van der Waals surface area contributed by atoms with Crippen LogP contribution < -0.4 is 10.6 Å². The van der Waals surface area contributed by atoms with Gasteiger partial charge in [0.2, 0.25) is 5.91 Å². The molecule has 1 aliphatic rings. The smallest absolute Gasteiger partial charge is 0.227 e. The van der Waals surface area contributed by atoms with Gasteiger partial charge in [-0.1, -0.05) is 0 Å². The van der Waals surface area contributed by atoms with Crippen LogP contribution in [0.1, 0.15) is 18.4 Å². The summed E-state index contributed by atoms with van der Waals surface area (Å²) in [6, 6.07) is 4.64. The number of anilines is 1. The Morgan fingerprint density at radius 3 is 2.76 bits per heavy atom. The molecule has 1 heterocycles. The van der Waals surface area contributed by atoms with Crippen molar-refractivity contribution in [1.82, 2.24) is 5.32 Å². The first kappa shape index (κ1) is 12.0. The Balaban J connectivity index is 1.99. The maximum atomic E-state index is 13.1. The molecule has 0 aliphatic carbocycles. The maximum absolute atomic E-state index is 13.1. The zero-order chi connectivity index (χ0) is 12.3. The van der Waals surface area contributed by atoms with Gasteiger partial charge in [-0.3, -0.25) is 4.79 Å². The predicted octanol–water partition coefficient (Wildman–Crippen LogP) is 2.07. The van der Waals surface area contributed by atoms with Gasteiger partial charge in [-0.05, 0) is 56.6 Å². The second kappa shape index (κ2) is 5.27. The molecule has 0 saturated carbocycles. The molecule has 0 spiro atoms. The molecule has 1 aliphatic heterocycles. The molecule has 1 amide bonds. The van der Waals surface area contributed by atoms with Crippen LogP contribution in [0.2, 0.25) is 0 Å². The molecule has 92 valence electrons. The molecular formula is C13H17FN2O. The standard InChI is InChI=1S/C13H17FN2O/c1-9-8-11(2-3-12(9)14)16-13(17)10-4-6-15-7-5-10/h2-3,8,10,15H,4-7H2,1H3,(H,16,17). The highest BCUT2D eigenvalue weighted by atomic mass is 19.1. The van der Waals surface area contributed by atoms with Gasteiger partial charge in [0.05, 0.1) is 0 Å². The normalized spacial score (nSPS) is 16.8. The summed E-state index contributed by atoms with van der Waals surface area (Å²) < 4.78 is 13.1. The lowest BCUT2D eigenvalue weighted by molar-refractivity contribution is -0.120. The van der Waals surface area contributed by atoms with Gasteiger partial charge in [-0.2, -0.15) is 0 Å². The minimum atomic E-state index is -0.245. The molecule has 0 radical (unpaired) electrons. The van der Waals surface area contributed by atoms with E-state index in [1.807, 2.05) is 0 Å². The first-order chi connectivity index (χ1) is 8.16. The third-order valence-corrected chi connectivity index (χ3v) is 3.14. The van der Waals surface area contributed by atoms with Crippen molar-refractivity contribution in [3.8, 4) is 0 Å². The highest BCUT2D eigenvalue weighted by molar-refractivity contribution is 5.92. The SMILES string of the molecule is Cc1cc(NC(=O)C2CCNCC2)ccc1F. The Hall–Kier alpha value is -1.42. The van der Waals surface area contributed by atoms with Crippen LogP contribution in [0.25, 0.3) is 0 Å². The molecule has 2 rings (SSSR count). The van der Waals surface area contributed by atoms with Gasteiger partial charge in [0, 0.05) is 11.6 Å². The Labute approximate surface area is 100 Å². The summed E-state index contributed by atoms with van der Waals surface area (Å²) in [5.41, 5.74) is 1.22. The van der Waals surface area contributed by atoms with Gasteiger partial charge < -0.3 is 10.6 Å². The van der Waals surface area contributed by atoms with Crippen molar-refractivity contribution in [3.05, 3.63) is 29.6 Å². The largest absolute Gasteiger partial charge is 0.326 e. The van der Waals surface area contributed by atoms with Gasteiger partial charge in [-0.25, -0.2) is 4.39 Å². The van der Waals surface area contributed by atoms with Gasteiger partial charge in [0.1, 0.15) is 5.82 Å². The molecule has 0 unspecified atom stereocenters. The molecule has 0 aromatic heterocycles. The van der Waals surface area contributed by atoms with Crippen molar-refractivity contribution in [2.75, 3.05) is 18.4 Å². The summed E-state index contributed by atoms with van der Waals surface area (Å²) in [7, 11) is 0. The lowest BCUT2D eigenvalue weighted by atomic mass is 9.97. The minimum absolute atomic E-state index is 0.0394. The van der Waals surface area contributed by atoms with Gasteiger partial charge >= 0.3 is 0 Å². The van der Waals surface area contributed by atoms with E-state index >= 15 is 0 Å². The third-order valence-electron chi connectivity index (χ3n) is 3.14. The molecule has 1 fully saturated rings. The number of hydrogen-bond donors (Lipinski definition) is 2. The molecule has 17 heavy (non-hydrogen) atoms. The van der Waals surface area contributed by atoms with Crippen LogP contribution in [0.15, 0.2) is 18.2 Å². The van der Waals surface area contributed by atoms with Gasteiger partial charge in [0.15, 0.2) is 0 Å². The van der Waals surface area contributed by atoms with Crippen molar-refractivity contribution in [2.24, 2.45) is 5.92 Å². The van der Waals surface area contributed by atoms with Crippen molar-refractivity contribution >= 4 is 11.6 Å². The van der Waals surface area contributed by atoms with E-state index in [-0.39, 0.29) is 17.6 Å². The van der Waals surface area contributed by atoms with Crippen molar-refractivity contribution in [1.29, 1.82) is 0 Å². The number of rotatable bonds is 2. The molecule has 0 atom stereocenters. The topological polar surface area (TPSA) is 41.1 Å². The number of nitrogens with one attached hydrogen (secondary N) is 2. The van der Waals surface area contributed by atoms with Crippen LogP contribution in [0, 0.1) is 18.7 Å². The molecule has 2 N–H and O–H groups in total. The van der Waals surface area contributed by atoms with E-state index in [0.717, 1.165) is 25.9 Å². The number of benzene rings is 1. The zero-order valence-corrected chi connectivity index (χ0v) is 9.92. The molecule has 1 saturated heterocycles. The second-order valence-corrected chi connectivity index (χ2v) is 4.48. The molecule has 1 aromatic rings. The summed E-state index contributed by atoms with van der Waals surface area (Å²) in [5, 5.41) is 6.07. The number of amides is 1. The number of piperidine rings is 1. The van der Waals surface area contributed by atoms with E-state index in [0.29, 0.717) is 11.3 Å². The lowest BCUT2D eigenvalue weighted by Crippen LogP contribution is -2.34. The molecule has 0 bridgehead atoms. The van der Waals surface area contributed by atoms with Crippen LogP contribution in [0.5, 0.6) is 0 Å². The summed E-state index contributed by atoms with van der Waals surface area (Å²) in [6.07, 6.45) is 1.73. The van der Waals surface area contributed by atoms with E-state index < -0.39 is 0 Å². The fraction of sp³-hybridized carbons (Fsp3) is 0.462.